The van der Waals surface area contributed by atoms with Gasteiger partial charge in [-0.05, 0) is 24.2 Å². The van der Waals surface area contributed by atoms with Gasteiger partial charge in [0.1, 0.15) is 0 Å². The Morgan fingerprint density at radius 3 is 2.35 bits per heavy atom. The van der Waals surface area contributed by atoms with Gasteiger partial charge < -0.3 is 5.73 Å². The summed E-state index contributed by atoms with van der Waals surface area (Å²) < 4.78 is 27.3. The number of likely N-dealkylation sites (N-methyl/N-ethyl adjacent to an activating group) is 1. The Kier molecular flexibility index (Phi) is 5.67. The largest absolute Gasteiger partial charge is 0.329 e. The van der Waals surface area contributed by atoms with Crippen molar-refractivity contribution < 1.29 is 8.42 Å². The molecular weight excluding hydrogens is 272 g/mol. The lowest BCUT2D eigenvalue weighted by Crippen LogP contribution is -2.59. The lowest BCUT2D eigenvalue weighted by molar-refractivity contribution is 0.112. The molecule has 0 bridgehead atoms. The van der Waals surface area contributed by atoms with E-state index in [-0.39, 0.29) is 16.7 Å². The van der Waals surface area contributed by atoms with Gasteiger partial charge in [0, 0.05) is 18.6 Å². The zero-order valence-electron chi connectivity index (χ0n) is 13.8. The van der Waals surface area contributed by atoms with Gasteiger partial charge in [-0.25, -0.2) is 8.42 Å². The van der Waals surface area contributed by atoms with Crippen LogP contribution in [0.25, 0.3) is 0 Å². The van der Waals surface area contributed by atoms with E-state index in [0.29, 0.717) is 19.0 Å². The second kappa shape index (κ2) is 6.32. The molecule has 1 aliphatic carbocycles. The summed E-state index contributed by atoms with van der Waals surface area (Å²) in [6.07, 6.45) is 4.03. The van der Waals surface area contributed by atoms with E-state index in [4.69, 9.17) is 5.73 Å². The lowest BCUT2D eigenvalue weighted by Gasteiger charge is -2.47. The predicted octanol–water partition coefficient (Wildman–Crippen LogP) is 2.59. The molecule has 0 aromatic rings. The first kappa shape index (κ1) is 17.9. The zero-order valence-corrected chi connectivity index (χ0v) is 14.6. The second-order valence-electron chi connectivity index (χ2n) is 7.61. The molecule has 0 amide bonds. The van der Waals surface area contributed by atoms with E-state index >= 15 is 0 Å². The molecule has 0 aromatic carbocycles. The lowest BCUT2D eigenvalue weighted by atomic mass is 9.76. The Bertz CT molecular complexity index is 414. The molecule has 1 rings (SSSR count). The molecule has 1 aliphatic rings. The molecule has 120 valence electrons. The number of hydrogen-bond donors (Lipinski definition) is 1. The van der Waals surface area contributed by atoms with Gasteiger partial charge >= 0.3 is 0 Å². The van der Waals surface area contributed by atoms with Crippen molar-refractivity contribution in [1.82, 2.24) is 4.31 Å². The van der Waals surface area contributed by atoms with Crippen molar-refractivity contribution in [2.75, 3.05) is 18.8 Å². The summed E-state index contributed by atoms with van der Waals surface area (Å²) in [5.41, 5.74) is 5.43. The third-order valence-corrected chi connectivity index (χ3v) is 6.76. The number of rotatable bonds is 5. The van der Waals surface area contributed by atoms with Crippen molar-refractivity contribution in [2.24, 2.45) is 17.1 Å². The van der Waals surface area contributed by atoms with Gasteiger partial charge in [0.2, 0.25) is 10.0 Å². The van der Waals surface area contributed by atoms with Crippen molar-refractivity contribution in [1.29, 1.82) is 0 Å². The topological polar surface area (TPSA) is 63.4 Å². The van der Waals surface area contributed by atoms with E-state index in [9.17, 15) is 8.42 Å². The van der Waals surface area contributed by atoms with E-state index in [2.05, 4.69) is 6.92 Å². The van der Waals surface area contributed by atoms with E-state index in [1.807, 2.05) is 27.7 Å². The molecule has 0 spiro atoms. The average Bonchev–Trinajstić information content (AvgIpc) is 2.26. The molecule has 1 fully saturated rings. The van der Waals surface area contributed by atoms with Crippen molar-refractivity contribution in [3.05, 3.63) is 0 Å². The highest BCUT2D eigenvalue weighted by Gasteiger charge is 2.44. The first-order valence-corrected chi connectivity index (χ1v) is 9.38. The van der Waals surface area contributed by atoms with Crippen molar-refractivity contribution >= 4 is 10.0 Å². The minimum atomic E-state index is -3.27. The Morgan fingerprint density at radius 1 is 1.35 bits per heavy atom. The highest BCUT2D eigenvalue weighted by molar-refractivity contribution is 7.89. The van der Waals surface area contributed by atoms with Gasteiger partial charge in [0.15, 0.2) is 0 Å². The molecule has 0 radical (unpaired) electrons. The van der Waals surface area contributed by atoms with Gasteiger partial charge in [0.25, 0.3) is 0 Å². The van der Waals surface area contributed by atoms with Crippen LogP contribution in [0.4, 0.5) is 0 Å². The maximum atomic E-state index is 12.8. The number of hydrogen-bond acceptors (Lipinski definition) is 3. The molecule has 2 N–H and O–H groups in total. The van der Waals surface area contributed by atoms with E-state index in [1.165, 1.54) is 6.42 Å². The summed E-state index contributed by atoms with van der Waals surface area (Å²) in [5, 5.41) is 0. The van der Waals surface area contributed by atoms with E-state index in [1.54, 1.807) is 4.31 Å². The smallest absolute Gasteiger partial charge is 0.215 e. The molecule has 1 saturated carbocycles. The van der Waals surface area contributed by atoms with Crippen molar-refractivity contribution in [2.45, 2.75) is 65.8 Å². The summed E-state index contributed by atoms with van der Waals surface area (Å²) in [6.45, 7) is 11.0. The van der Waals surface area contributed by atoms with Crippen LogP contribution >= 0.6 is 0 Å². The summed E-state index contributed by atoms with van der Waals surface area (Å²) in [7, 11) is -3.27. The molecule has 20 heavy (non-hydrogen) atoms. The van der Waals surface area contributed by atoms with Crippen LogP contribution in [-0.2, 0) is 10.0 Å². The maximum absolute atomic E-state index is 12.8. The SMILES string of the molecule is CCN(C1(CN)CCCC(C)C1)S(=O)(=O)CC(C)(C)C. The molecule has 0 aromatic heterocycles. The van der Waals surface area contributed by atoms with Gasteiger partial charge in [-0.15, -0.1) is 0 Å². The zero-order chi connectivity index (χ0) is 15.6. The minimum Gasteiger partial charge on any atom is -0.329 e. The molecule has 4 nitrogen and oxygen atoms in total. The molecule has 2 atom stereocenters. The molecular formula is C15H32N2O2S. The van der Waals surface area contributed by atoms with Crippen LogP contribution in [0.5, 0.6) is 0 Å². The van der Waals surface area contributed by atoms with Crippen LogP contribution in [-0.4, -0.2) is 37.1 Å². The van der Waals surface area contributed by atoms with Crippen LogP contribution in [0.3, 0.4) is 0 Å². The van der Waals surface area contributed by atoms with E-state index < -0.39 is 10.0 Å². The minimum absolute atomic E-state index is 0.184. The Hall–Kier alpha value is -0.130. The fourth-order valence-electron chi connectivity index (χ4n) is 3.60. The Labute approximate surface area is 125 Å². The third-order valence-electron chi connectivity index (χ3n) is 4.21. The molecule has 5 heteroatoms. The fraction of sp³-hybridized carbons (Fsp3) is 1.00. The van der Waals surface area contributed by atoms with Gasteiger partial charge in [0.05, 0.1) is 5.75 Å². The number of sulfonamides is 1. The average molecular weight is 305 g/mol. The second-order valence-corrected chi connectivity index (χ2v) is 9.50. The molecule has 2 unspecified atom stereocenters. The monoisotopic (exact) mass is 304 g/mol. The highest BCUT2D eigenvalue weighted by atomic mass is 32.2. The van der Waals surface area contributed by atoms with Gasteiger partial charge in [-0.2, -0.15) is 4.31 Å². The third kappa shape index (κ3) is 4.18. The Morgan fingerprint density at radius 2 is 1.95 bits per heavy atom. The predicted molar refractivity (Wildman–Crippen MR) is 85.0 cm³/mol. The summed E-state index contributed by atoms with van der Waals surface area (Å²) in [4.78, 5) is 0. The maximum Gasteiger partial charge on any atom is 0.215 e. The van der Waals surface area contributed by atoms with Crippen LogP contribution in [0.1, 0.15) is 60.3 Å². The normalized spacial score (nSPS) is 28.9. The van der Waals surface area contributed by atoms with Crippen LogP contribution in [0.15, 0.2) is 0 Å². The van der Waals surface area contributed by atoms with Gasteiger partial charge in [-0.1, -0.05) is 47.5 Å². The van der Waals surface area contributed by atoms with E-state index in [0.717, 1.165) is 19.3 Å². The number of nitrogens with zero attached hydrogens (tertiary/aromatic N) is 1. The van der Waals surface area contributed by atoms with Crippen LogP contribution in [0, 0.1) is 11.3 Å². The summed E-state index contributed by atoms with van der Waals surface area (Å²) in [5.74, 6) is 0.732. The van der Waals surface area contributed by atoms with Crippen LogP contribution < -0.4 is 5.73 Å². The summed E-state index contributed by atoms with van der Waals surface area (Å²) in [6, 6.07) is 0. The standard InChI is InChI=1S/C15H32N2O2S/c1-6-17(20(18,19)12-14(3,4)5)15(11-16)9-7-8-13(2)10-15/h13H,6-12,16H2,1-5H3. The van der Waals surface area contributed by atoms with Crippen molar-refractivity contribution in [3.63, 3.8) is 0 Å². The molecule has 0 aliphatic heterocycles. The molecule has 0 saturated heterocycles. The fourth-order valence-corrected chi connectivity index (χ4v) is 6.07. The van der Waals surface area contributed by atoms with Crippen molar-refractivity contribution in [3.8, 4) is 0 Å². The number of nitrogens with two attached hydrogens (primary N) is 1. The first-order chi connectivity index (χ1) is 9.06. The molecule has 0 heterocycles. The summed E-state index contributed by atoms with van der Waals surface area (Å²) >= 11 is 0. The quantitative estimate of drug-likeness (QED) is 0.849. The van der Waals surface area contributed by atoms with Gasteiger partial charge in [-0.3, -0.25) is 0 Å². The highest BCUT2D eigenvalue weighted by Crippen LogP contribution is 2.38. The first-order valence-electron chi connectivity index (χ1n) is 7.77. The Balaban J connectivity index is 3.09. The van der Waals surface area contributed by atoms with Crippen LogP contribution in [0.2, 0.25) is 0 Å².